The second-order valence-electron chi connectivity index (χ2n) is 6.92. The zero-order valence-electron chi connectivity index (χ0n) is 15.3. The number of nitrogens with zero attached hydrogens (tertiary/aromatic N) is 4. The molecule has 3 aromatic heterocycles. The van der Waals surface area contributed by atoms with Gasteiger partial charge in [0, 0.05) is 18.9 Å². The summed E-state index contributed by atoms with van der Waals surface area (Å²) >= 11 is 0. The lowest BCUT2D eigenvalue weighted by molar-refractivity contribution is -0.137. The summed E-state index contributed by atoms with van der Waals surface area (Å²) in [5.74, 6) is -0.812. The molecule has 0 aromatic carbocycles. The summed E-state index contributed by atoms with van der Waals surface area (Å²) in [7, 11) is 0. The monoisotopic (exact) mass is 367 g/mol. The van der Waals surface area contributed by atoms with E-state index in [0.29, 0.717) is 36.4 Å². The number of carbonyl (C=O) groups is 1. The quantitative estimate of drug-likeness (QED) is 0.739. The summed E-state index contributed by atoms with van der Waals surface area (Å²) in [5, 5.41) is 2.86. The number of rotatable bonds is 5. The van der Waals surface area contributed by atoms with Gasteiger partial charge >= 0.3 is 0 Å². The molecule has 1 atom stereocenters. The fraction of sp³-hybridized carbons (Fsp3) is 0.368. The molecule has 1 aliphatic heterocycles. The lowest BCUT2D eigenvalue weighted by Crippen LogP contribution is -2.34. The topological polar surface area (TPSA) is 91.2 Å². The first kappa shape index (κ1) is 17.6. The van der Waals surface area contributed by atoms with Gasteiger partial charge in [0.1, 0.15) is 11.6 Å². The Labute approximate surface area is 156 Å². The molecule has 1 amide bonds. The van der Waals surface area contributed by atoms with Crippen LogP contribution >= 0.6 is 0 Å². The molecule has 8 nitrogen and oxygen atoms in total. The second-order valence-corrected chi connectivity index (χ2v) is 6.92. The van der Waals surface area contributed by atoms with Crippen molar-refractivity contribution in [3.8, 4) is 0 Å². The van der Waals surface area contributed by atoms with Crippen molar-refractivity contribution in [3.63, 3.8) is 0 Å². The maximum atomic E-state index is 12.4. The maximum Gasteiger partial charge on any atom is 0.253 e. The molecule has 4 heterocycles. The number of nitrogens with one attached hydrogen (secondary N) is 1. The van der Waals surface area contributed by atoms with Gasteiger partial charge < -0.3 is 19.4 Å². The van der Waals surface area contributed by atoms with E-state index in [0.717, 1.165) is 5.69 Å². The van der Waals surface area contributed by atoms with E-state index in [-0.39, 0.29) is 12.0 Å². The van der Waals surface area contributed by atoms with Crippen LogP contribution in [-0.4, -0.2) is 50.5 Å². The number of hydrogen-bond donors (Lipinski definition) is 1. The minimum atomic E-state index is -0.601. The summed E-state index contributed by atoms with van der Waals surface area (Å²) in [6.45, 7) is 5.13. The van der Waals surface area contributed by atoms with E-state index in [9.17, 15) is 4.79 Å². The van der Waals surface area contributed by atoms with Gasteiger partial charge in [-0.25, -0.2) is 9.97 Å². The van der Waals surface area contributed by atoms with Crippen molar-refractivity contribution in [1.82, 2.24) is 24.8 Å². The molecule has 27 heavy (non-hydrogen) atoms. The number of pyridine rings is 2. The van der Waals surface area contributed by atoms with Crippen LogP contribution in [0.3, 0.4) is 0 Å². The standard InChI is InChI=1S/C19H21N5O3/c1-19(2)26-11-15(27-19)9-22-18(25)13-7-16-17(21-8-13)24(12-23-16)10-14-5-3-4-6-20-14/h3-8,12,15H,9-11H2,1-2H3,(H,22,25). The smallest absolute Gasteiger partial charge is 0.253 e. The molecule has 0 bridgehead atoms. The van der Waals surface area contributed by atoms with E-state index >= 15 is 0 Å². The molecule has 1 saturated heterocycles. The highest BCUT2D eigenvalue weighted by Crippen LogP contribution is 2.21. The maximum absolute atomic E-state index is 12.4. The highest BCUT2D eigenvalue weighted by atomic mass is 16.7. The summed E-state index contributed by atoms with van der Waals surface area (Å²) in [6, 6.07) is 7.51. The van der Waals surface area contributed by atoms with Crippen molar-refractivity contribution in [2.75, 3.05) is 13.2 Å². The highest BCUT2D eigenvalue weighted by molar-refractivity contribution is 5.96. The molecule has 4 rings (SSSR count). The average molecular weight is 367 g/mol. The van der Waals surface area contributed by atoms with E-state index in [1.165, 1.54) is 0 Å². The van der Waals surface area contributed by atoms with Crippen molar-refractivity contribution >= 4 is 17.1 Å². The number of carbonyl (C=O) groups excluding carboxylic acids is 1. The molecule has 1 fully saturated rings. The Morgan fingerprint density at radius 1 is 1.33 bits per heavy atom. The number of aromatic nitrogens is 4. The van der Waals surface area contributed by atoms with Gasteiger partial charge in [-0.05, 0) is 32.0 Å². The molecule has 0 radical (unpaired) electrons. The Morgan fingerprint density at radius 2 is 2.22 bits per heavy atom. The lowest BCUT2D eigenvalue weighted by Gasteiger charge is -2.17. The Kier molecular flexibility index (Phi) is 4.59. The lowest BCUT2D eigenvalue weighted by atomic mass is 10.2. The van der Waals surface area contributed by atoms with E-state index in [1.54, 1.807) is 24.8 Å². The fourth-order valence-corrected chi connectivity index (χ4v) is 3.03. The van der Waals surface area contributed by atoms with Gasteiger partial charge in [0.15, 0.2) is 11.4 Å². The van der Waals surface area contributed by atoms with E-state index < -0.39 is 5.79 Å². The Hall–Kier alpha value is -2.84. The van der Waals surface area contributed by atoms with Gasteiger partial charge in [-0.3, -0.25) is 9.78 Å². The van der Waals surface area contributed by atoms with Gasteiger partial charge in [-0.2, -0.15) is 0 Å². The van der Waals surface area contributed by atoms with E-state index in [2.05, 4.69) is 20.3 Å². The number of amides is 1. The van der Waals surface area contributed by atoms with Crippen LogP contribution in [0.1, 0.15) is 29.9 Å². The summed E-state index contributed by atoms with van der Waals surface area (Å²) in [5.41, 5.74) is 2.76. The third kappa shape index (κ3) is 3.96. The van der Waals surface area contributed by atoms with Gasteiger partial charge in [0.2, 0.25) is 0 Å². The molecule has 1 unspecified atom stereocenters. The number of fused-ring (bicyclic) bond motifs is 1. The molecule has 8 heteroatoms. The zero-order valence-corrected chi connectivity index (χ0v) is 15.3. The number of imidazole rings is 1. The molecule has 0 aliphatic carbocycles. The van der Waals surface area contributed by atoms with Crippen LogP contribution in [0.15, 0.2) is 43.0 Å². The summed E-state index contributed by atoms with van der Waals surface area (Å²) in [6.07, 6.45) is 4.87. The van der Waals surface area contributed by atoms with E-state index in [4.69, 9.17) is 9.47 Å². The molecule has 0 saturated carbocycles. The molecule has 3 aromatic rings. The Balaban J connectivity index is 1.43. The predicted octanol–water partition coefficient (Wildman–Crippen LogP) is 1.76. The van der Waals surface area contributed by atoms with Gasteiger partial charge in [0.25, 0.3) is 5.91 Å². The van der Waals surface area contributed by atoms with Gasteiger partial charge in [0.05, 0.1) is 30.7 Å². The van der Waals surface area contributed by atoms with Crippen LogP contribution in [0.4, 0.5) is 0 Å². The first-order valence-electron chi connectivity index (χ1n) is 8.81. The van der Waals surface area contributed by atoms with Crippen LogP contribution < -0.4 is 5.32 Å². The third-order valence-corrected chi connectivity index (χ3v) is 4.33. The van der Waals surface area contributed by atoms with Gasteiger partial charge in [-0.1, -0.05) is 6.07 Å². The first-order valence-corrected chi connectivity index (χ1v) is 8.81. The average Bonchev–Trinajstić information content (AvgIpc) is 3.23. The summed E-state index contributed by atoms with van der Waals surface area (Å²) < 4.78 is 13.1. The molecule has 0 spiro atoms. The molecular weight excluding hydrogens is 346 g/mol. The number of hydrogen-bond acceptors (Lipinski definition) is 6. The zero-order chi connectivity index (χ0) is 18.9. The highest BCUT2D eigenvalue weighted by Gasteiger charge is 2.32. The predicted molar refractivity (Wildman–Crippen MR) is 98.1 cm³/mol. The Bertz CT molecular complexity index is 954. The normalized spacial score (nSPS) is 18.7. The van der Waals surface area contributed by atoms with Crippen LogP contribution in [-0.2, 0) is 16.0 Å². The second kappa shape index (κ2) is 7.05. The van der Waals surface area contributed by atoms with Crippen LogP contribution in [0, 0.1) is 0 Å². The fourth-order valence-electron chi connectivity index (χ4n) is 3.03. The van der Waals surface area contributed by atoms with E-state index in [1.807, 2.05) is 36.6 Å². The molecule has 140 valence electrons. The van der Waals surface area contributed by atoms with Crippen molar-refractivity contribution in [1.29, 1.82) is 0 Å². The van der Waals surface area contributed by atoms with Crippen molar-refractivity contribution < 1.29 is 14.3 Å². The minimum Gasteiger partial charge on any atom is -0.349 e. The molecular formula is C19H21N5O3. The van der Waals surface area contributed by atoms with Gasteiger partial charge in [-0.15, -0.1) is 0 Å². The largest absolute Gasteiger partial charge is 0.349 e. The van der Waals surface area contributed by atoms with Crippen LogP contribution in [0.25, 0.3) is 11.2 Å². The third-order valence-electron chi connectivity index (χ3n) is 4.33. The van der Waals surface area contributed by atoms with Crippen molar-refractivity contribution in [2.24, 2.45) is 0 Å². The number of ether oxygens (including phenoxy) is 2. The summed E-state index contributed by atoms with van der Waals surface area (Å²) in [4.78, 5) is 25.5. The van der Waals surface area contributed by atoms with Crippen LogP contribution in [0.2, 0.25) is 0 Å². The molecule has 1 N–H and O–H groups in total. The molecule has 1 aliphatic rings. The SMILES string of the molecule is CC1(C)OCC(CNC(=O)c2cnc3c(c2)ncn3Cc2ccccn2)O1. The first-order chi connectivity index (χ1) is 13.0. The van der Waals surface area contributed by atoms with Crippen molar-refractivity contribution in [3.05, 3.63) is 54.2 Å². The van der Waals surface area contributed by atoms with Crippen LogP contribution in [0.5, 0.6) is 0 Å². The minimum absolute atomic E-state index is 0.154. The van der Waals surface area contributed by atoms with Crippen molar-refractivity contribution in [2.45, 2.75) is 32.3 Å². The Morgan fingerprint density at radius 3 is 2.96 bits per heavy atom.